The predicted octanol–water partition coefficient (Wildman–Crippen LogP) is 2.64. The molecular formula is C13H11F3N4O. The number of pyridine rings is 1. The molecule has 1 heterocycles. The van der Waals surface area contributed by atoms with Gasteiger partial charge in [0.25, 0.3) is 5.91 Å². The van der Waals surface area contributed by atoms with Crippen LogP contribution in [0.4, 0.5) is 24.5 Å². The lowest BCUT2D eigenvalue weighted by Crippen LogP contribution is -2.18. The van der Waals surface area contributed by atoms with Gasteiger partial charge in [0.2, 0.25) is 0 Å². The van der Waals surface area contributed by atoms with E-state index < -0.39 is 17.6 Å². The highest BCUT2D eigenvalue weighted by molar-refractivity contribution is 6.08. The molecule has 1 aromatic carbocycles. The minimum atomic E-state index is -4.54. The molecule has 0 aliphatic carbocycles. The third-order valence-electron chi connectivity index (χ3n) is 2.69. The number of benzene rings is 1. The number of nitrogens with one attached hydrogen (secondary N) is 2. The standard InChI is InChI=1S/C13H11F3N4O/c14-13(15,16)8-1-2-11(20-17)10(7-8)12(21)19-9-3-5-18-6-4-9/h1-7,20H,17H2,(H,18,19,21). The van der Waals surface area contributed by atoms with Crippen LogP contribution in [0.2, 0.25) is 0 Å². The predicted molar refractivity (Wildman–Crippen MR) is 71.4 cm³/mol. The molecule has 8 heteroatoms. The van der Waals surface area contributed by atoms with Gasteiger partial charge in [-0.15, -0.1) is 0 Å². The van der Waals surface area contributed by atoms with Crippen LogP contribution >= 0.6 is 0 Å². The van der Waals surface area contributed by atoms with E-state index in [-0.39, 0.29) is 11.3 Å². The molecular weight excluding hydrogens is 285 g/mol. The Kier molecular flexibility index (Phi) is 4.08. The lowest BCUT2D eigenvalue weighted by Gasteiger charge is -2.13. The summed E-state index contributed by atoms with van der Waals surface area (Å²) >= 11 is 0. The molecule has 2 aromatic rings. The molecule has 0 saturated carbocycles. The van der Waals surface area contributed by atoms with Crippen molar-refractivity contribution in [1.29, 1.82) is 0 Å². The fraction of sp³-hybridized carbons (Fsp3) is 0.0769. The number of nitrogens with zero attached hydrogens (tertiary/aromatic N) is 1. The van der Waals surface area contributed by atoms with E-state index in [9.17, 15) is 18.0 Å². The molecule has 0 fully saturated rings. The van der Waals surface area contributed by atoms with Crippen LogP contribution in [0, 0.1) is 0 Å². The number of carbonyl (C=O) groups is 1. The van der Waals surface area contributed by atoms with E-state index >= 15 is 0 Å². The number of hydrogen-bond acceptors (Lipinski definition) is 4. The minimum absolute atomic E-state index is 0.0922. The first kappa shape index (κ1) is 14.8. The van der Waals surface area contributed by atoms with Crippen molar-refractivity contribution >= 4 is 17.3 Å². The zero-order chi connectivity index (χ0) is 15.5. The Morgan fingerprint density at radius 3 is 2.38 bits per heavy atom. The third-order valence-corrected chi connectivity index (χ3v) is 2.69. The second-order valence-corrected chi connectivity index (χ2v) is 4.09. The molecule has 110 valence electrons. The van der Waals surface area contributed by atoms with Gasteiger partial charge in [0.15, 0.2) is 0 Å². The fourth-order valence-electron chi connectivity index (χ4n) is 1.67. The number of aromatic nitrogens is 1. The summed E-state index contributed by atoms with van der Waals surface area (Å²) in [5.41, 5.74) is 1.57. The van der Waals surface area contributed by atoms with E-state index in [4.69, 9.17) is 5.84 Å². The first-order valence-corrected chi connectivity index (χ1v) is 5.81. The van der Waals surface area contributed by atoms with Gasteiger partial charge in [0, 0.05) is 18.1 Å². The van der Waals surface area contributed by atoms with Gasteiger partial charge in [-0.3, -0.25) is 15.6 Å². The molecule has 5 nitrogen and oxygen atoms in total. The van der Waals surface area contributed by atoms with E-state index in [2.05, 4.69) is 15.7 Å². The number of amides is 1. The number of halogens is 3. The number of hydrogen-bond donors (Lipinski definition) is 3. The van der Waals surface area contributed by atoms with Crippen LogP contribution in [0.1, 0.15) is 15.9 Å². The average molecular weight is 296 g/mol. The lowest BCUT2D eigenvalue weighted by atomic mass is 10.1. The number of nitrogen functional groups attached to an aromatic ring is 1. The summed E-state index contributed by atoms with van der Waals surface area (Å²) in [5, 5.41) is 2.47. The van der Waals surface area contributed by atoms with Crippen molar-refractivity contribution in [3.63, 3.8) is 0 Å². The van der Waals surface area contributed by atoms with Crippen molar-refractivity contribution in [3.8, 4) is 0 Å². The SMILES string of the molecule is NNc1ccc(C(F)(F)F)cc1C(=O)Nc1ccncc1. The zero-order valence-electron chi connectivity index (χ0n) is 10.6. The van der Waals surface area contributed by atoms with Gasteiger partial charge in [-0.2, -0.15) is 13.2 Å². The van der Waals surface area contributed by atoms with Gasteiger partial charge < -0.3 is 10.7 Å². The van der Waals surface area contributed by atoms with Crippen LogP contribution < -0.4 is 16.6 Å². The smallest absolute Gasteiger partial charge is 0.323 e. The number of nitrogens with two attached hydrogens (primary N) is 1. The molecule has 2 rings (SSSR count). The zero-order valence-corrected chi connectivity index (χ0v) is 10.6. The Morgan fingerprint density at radius 1 is 1.14 bits per heavy atom. The minimum Gasteiger partial charge on any atom is -0.323 e. The van der Waals surface area contributed by atoms with E-state index in [0.29, 0.717) is 5.69 Å². The summed E-state index contributed by atoms with van der Waals surface area (Å²) in [4.78, 5) is 15.9. The van der Waals surface area contributed by atoms with Gasteiger partial charge in [0.1, 0.15) is 0 Å². The summed E-state index contributed by atoms with van der Waals surface area (Å²) < 4.78 is 38.1. The largest absolute Gasteiger partial charge is 0.416 e. The van der Waals surface area contributed by atoms with Gasteiger partial charge >= 0.3 is 6.18 Å². The summed E-state index contributed by atoms with van der Waals surface area (Å²) in [6.45, 7) is 0. The Bertz CT molecular complexity index is 644. The van der Waals surface area contributed by atoms with E-state index in [0.717, 1.165) is 18.2 Å². The maximum Gasteiger partial charge on any atom is 0.416 e. The maximum atomic E-state index is 12.7. The van der Waals surface area contributed by atoms with Crippen molar-refractivity contribution in [2.24, 2.45) is 5.84 Å². The number of anilines is 2. The summed E-state index contributed by atoms with van der Waals surface area (Å²) in [6.07, 6.45) is -1.65. The van der Waals surface area contributed by atoms with Gasteiger partial charge in [-0.05, 0) is 30.3 Å². The molecule has 0 radical (unpaired) electrons. The second-order valence-electron chi connectivity index (χ2n) is 4.09. The molecule has 0 aliphatic rings. The molecule has 0 saturated heterocycles. The number of carbonyl (C=O) groups excluding carboxylic acids is 1. The number of hydrazine groups is 1. The second kappa shape index (κ2) is 5.80. The van der Waals surface area contributed by atoms with Crippen molar-refractivity contribution in [1.82, 2.24) is 4.98 Å². The molecule has 0 atom stereocenters. The highest BCUT2D eigenvalue weighted by Crippen LogP contribution is 2.31. The third kappa shape index (κ3) is 3.48. The van der Waals surface area contributed by atoms with Gasteiger partial charge in [-0.25, -0.2) is 0 Å². The summed E-state index contributed by atoms with van der Waals surface area (Å²) in [7, 11) is 0. The highest BCUT2D eigenvalue weighted by Gasteiger charge is 2.31. The normalized spacial score (nSPS) is 11.0. The van der Waals surface area contributed by atoms with Gasteiger partial charge in [0.05, 0.1) is 16.8 Å². The van der Waals surface area contributed by atoms with E-state index in [1.165, 1.54) is 24.5 Å². The Balaban J connectivity index is 2.34. The van der Waals surface area contributed by atoms with Crippen LogP contribution in [0.5, 0.6) is 0 Å². The lowest BCUT2D eigenvalue weighted by molar-refractivity contribution is -0.137. The molecule has 1 amide bonds. The van der Waals surface area contributed by atoms with Crippen LogP contribution in [-0.4, -0.2) is 10.9 Å². The van der Waals surface area contributed by atoms with Crippen molar-refractivity contribution < 1.29 is 18.0 Å². The topological polar surface area (TPSA) is 80.0 Å². The molecule has 0 aliphatic heterocycles. The van der Waals surface area contributed by atoms with Crippen LogP contribution in [0.25, 0.3) is 0 Å². The first-order chi connectivity index (χ1) is 9.91. The summed E-state index contributed by atoms with van der Waals surface area (Å²) in [6, 6.07) is 5.72. The first-order valence-electron chi connectivity index (χ1n) is 5.81. The highest BCUT2D eigenvalue weighted by atomic mass is 19.4. The number of alkyl halides is 3. The molecule has 0 bridgehead atoms. The average Bonchev–Trinajstić information content (AvgIpc) is 2.46. The number of rotatable bonds is 3. The van der Waals surface area contributed by atoms with Crippen molar-refractivity contribution in [2.75, 3.05) is 10.7 Å². The Hall–Kier alpha value is -2.61. The molecule has 21 heavy (non-hydrogen) atoms. The van der Waals surface area contributed by atoms with Gasteiger partial charge in [-0.1, -0.05) is 0 Å². The Labute approximate surface area is 118 Å². The molecule has 0 spiro atoms. The summed E-state index contributed by atoms with van der Waals surface area (Å²) in [5.74, 6) is 4.51. The molecule has 0 unspecified atom stereocenters. The van der Waals surface area contributed by atoms with Crippen LogP contribution in [0.15, 0.2) is 42.7 Å². The Morgan fingerprint density at radius 2 is 1.81 bits per heavy atom. The monoisotopic (exact) mass is 296 g/mol. The fourth-order valence-corrected chi connectivity index (χ4v) is 1.67. The maximum absolute atomic E-state index is 12.7. The van der Waals surface area contributed by atoms with E-state index in [1.54, 1.807) is 0 Å². The van der Waals surface area contributed by atoms with Crippen molar-refractivity contribution in [2.45, 2.75) is 6.18 Å². The molecule has 1 aromatic heterocycles. The van der Waals surface area contributed by atoms with Crippen LogP contribution in [0.3, 0.4) is 0 Å². The van der Waals surface area contributed by atoms with Crippen LogP contribution in [-0.2, 0) is 6.18 Å². The quantitative estimate of drug-likeness (QED) is 0.601. The van der Waals surface area contributed by atoms with E-state index in [1.807, 2.05) is 0 Å². The van der Waals surface area contributed by atoms with Crippen molar-refractivity contribution in [3.05, 3.63) is 53.9 Å². The molecule has 4 N–H and O–H groups in total.